The second-order valence-corrected chi connectivity index (χ2v) is 5.61. The van der Waals surface area contributed by atoms with Crippen LogP contribution in [-0.4, -0.2) is 25.1 Å². The van der Waals surface area contributed by atoms with Gasteiger partial charge in [-0.05, 0) is 30.7 Å². The molecule has 1 heterocycles. The van der Waals surface area contributed by atoms with Crippen LogP contribution >= 0.6 is 0 Å². The van der Waals surface area contributed by atoms with Crippen LogP contribution < -0.4 is 0 Å². The first-order chi connectivity index (χ1) is 9.90. The molecule has 0 aliphatic carbocycles. The van der Waals surface area contributed by atoms with Gasteiger partial charge in [0.1, 0.15) is 0 Å². The van der Waals surface area contributed by atoms with E-state index in [0.717, 1.165) is 18.1 Å². The largest absolute Gasteiger partial charge is 0.397 e. The van der Waals surface area contributed by atoms with Gasteiger partial charge < -0.3 is 0 Å². The number of benzene rings is 2. The lowest BCUT2D eigenvalue weighted by Crippen LogP contribution is -1.96. The molecule has 3 rings (SSSR count). The summed E-state index contributed by atoms with van der Waals surface area (Å²) in [5.74, 6) is 0. The molecule has 0 spiro atoms. The van der Waals surface area contributed by atoms with Crippen molar-refractivity contribution in [2.45, 2.75) is 6.92 Å². The Hall–Kier alpha value is -2.02. The molecule has 0 bridgehead atoms. The fraction of sp³-hybridized carbons (Fsp3) is 0.133. The normalized spacial score (nSPS) is 11.2. The van der Waals surface area contributed by atoms with Crippen LogP contribution in [0.1, 0.15) is 5.56 Å². The quantitative estimate of drug-likeness (QED) is 0.552. The van der Waals surface area contributed by atoms with Gasteiger partial charge in [0.05, 0.1) is 18.1 Å². The highest BCUT2D eigenvalue weighted by atomic mass is 32.3. The molecule has 21 heavy (non-hydrogen) atoms. The van der Waals surface area contributed by atoms with Crippen molar-refractivity contribution in [3.8, 4) is 0 Å². The maximum Gasteiger partial charge on any atom is 0.397 e. The summed E-state index contributed by atoms with van der Waals surface area (Å²) in [5.41, 5.74) is 3.43. The minimum atomic E-state index is -4.16. The van der Waals surface area contributed by atoms with Gasteiger partial charge in [-0.15, -0.1) is 0 Å². The average Bonchev–Trinajstić information content (AvgIpc) is 2.46. The van der Waals surface area contributed by atoms with Gasteiger partial charge in [-0.25, -0.2) is 4.98 Å². The second-order valence-electron chi connectivity index (χ2n) is 4.42. The minimum absolute atomic E-state index is 0.870. The fourth-order valence-corrected chi connectivity index (χ4v) is 1.95. The van der Waals surface area contributed by atoms with E-state index in [4.69, 9.17) is 4.55 Å². The summed E-state index contributed by atoms with van der Waals surface area (Å²) in [6.07, 6.45) is 0. The van der Waals surface area contributed by atoms with Crippen LogP contribution in [0.2, 0.25) is 0 Å². The molecule has 1 N–H and O–H groups in total. The molecule has 0 aliphatic rings. The molecule has 0 fully saturated rings. The number of nitrogens with zero attached hydrogens (tertiary/aromatic N) is 1. The molecule has 0 saturated carbocycles. The maximum atomic E-state index is 9.33. The van der Waals surface area contributed by atoms with Crippen molar-refractivity contribution in [2.75, 3.05) is 7.11 Å². The summed E-state index contributed by atoms with van der Waals surface area (Å²) in [4.78, 5) is 4.64. The Balaban J connectivity index is 0.000000232. The van der Waals surface area contributed by atoms with E-state index in [9.17, 15) is 8.42 Å². The highest BCUT2D eigenvalue weighted by Gasteiger charge is 2.00. The molecule has 5 nitrogen and oxygen atoms in total. The third kappa shape index (κ3) is 3.98. The lowest BCUT2D eigenvalue weighted by atomic mass is 10.1. The zero-order chi connectivity index (χ0) is 15.5. The predicted octanol–water partition coefficient (Wildman–Crippen LogP) is 3.13. The van der Waals surface area contributed by atoms with Gasteiger partial charge in [0.2, 0.25) is 0 Å². The number of aryl methyl sites for hydroxylation is 1. The summed E-state index contributed by atoms with van der Waals surface area (Å²) in [6.45, 7) is 2.12. The third-order valence-corrected chi connectivity index (χ3v) is 3.41. The number of pyridine rings is 1. The van der Waals surface area contributed by atoms with Gasteiger partial charge in [-0.2, -0.15) is 8.42 Å². The fourth-order valence-electron chi connectivity index (χ4n) is 1.95. The van der Waals surface area contributed by atoms with Crippen molar-refractivity contribution in [1.29, 1.82) is 0 Å². The Morgan fingerprint density at radius 3 is 2.33 bits per heavy atom. The Morgan fingerprint density at radius 1 is 1.05 bits per heavy atom. The van der Waals surface area contributed by atoms with Crippen molar-refractivity contribution < 1.29 is 17.2 Å². The van der Waals surface area contributed by atoms with E-state index >= 15 is 0 Å². The maximum absolute atomic E-state index is 9.33. The summed E-state index contributed by atoms with van der Waals surface area (Å²) >= 11 is 0. The molecular formula is C15H15NO4S. The van der Waals surface area contributed by atoms with Crippen molar-refractivity contribution >= 4 is 32.2 Å². The number of hydrogen-bond acceptors (Lipinski definition) is 4. The third-order valence-electron chi connectivity index (χ3n) is 2.99. The average molecular weight is 305 g/mol. The zero-order valence-corrected chi connectivity index (χ0v) is 12.5. The first kappa shape index (κ1) is 15.4. The lowest BCUT2D eigenvalue weighted by molar-refractivity contribution is 0.324. The first-order valence-corrected chi connectivity index (χ1v) is 7.55. The van der Waals surface area contributed by atoms with E-state index in [1.54, 1.807) is 0 Å². The summed E-state index contributed by atoms with van der Waals surface area (Å²) < 4.78 is 29.7. The molecule has 0 saturated heterocycles. The van der Waals surface area contributed by atoms with Gasteiger partial charge in [-0.1, -0.05) is 30.3 Å². The number of para-hydroxylation sites is 1. The molecule has 0 radical (unpaired) electrons. The summed E-state index contributed by atoms with van der Waals surface area (Å²) in [5, 5.41) is 2.45. The molecule has 0 unspecified atom stereocenters. The van der Waals surface area contributed by atoms with Crippen LogP contribution in [0.25, 0.3) is 21.8 Å². The Labute approximate surface area is 123 Å². The van der Waals surface area contributed by atoms with Crippen LogP contribution in [0.3, 0.4) is 0 Å². The zero-order valence-electron chi connectivity index (χ0n) is 11.6. The molecule has 0 atom stereocenters. The van der Waals surface area contributed by atoms with Gasteiger partial charge in [0.25, 0.3) is 0 Å². The number of fused-ring (bicyclic) bond motifs is 2. The molecule has 110 valence electrons. The lowest BCUT2D eigenvalue weighted by Gasteiger charge is -2.03. The number of rotatable bonds is 1. The molecular weight excluding hydrogens is 290 g/mol. The van der Waals surface area contributed by atoms with Crippen LogP contribution in [0.15, 0.2) is 48.5 Å². The van der Waals surface area contributed by atoms with E-state index in [2.05, 4.69) is 52.5 Å². The molecule has 1 aromatic heterocycles. The number of hydrogen-bond donors (Lipinski definition) is 1. The van der Waals surface area contributed by atoms with Crippen LogP contribution in [0.5, 0.6) is 0 Å². The van der Waals surface area contributed by atoms with Gasteiger partial charge in [0.15, 0.2) is 0 Å². The Kier molecular flexibility index (Phi) is 4.52. The highest BCUT2D eigenvalue weighted by molar-refractivity contribution is 7.80. The molecule has 0 amide bonds. The van der Waals surface area contributed by atoms with E-state index < -0.39 is 10.4 Å². The first-order valence-electron chi connectivity index (χ1n) is 6.19. The smallest absolute Gasteiger partial charge is 0.264 e. The van der Waals surface area contributed by atoms with Gasteiger partial charge in [-0.3, -0.25) is 8.74 Å². The standard InChI is InChI=1S/C14H11N.CH4O4S/c1-10-5-4-8-14-12(10)9-11-6-2-3-7-13(11)15-14;1-5-6(2,3)4/h2-9H,1H3;1H3,(H,2,3,4). The summed E-state index contributed by atoms with van der Waals surface area (Å²) in [7, 11) is -3.29. The van der Waals surface area contributed by atoms with E-state index in [0.29, 0.717) is 0 Å². The SMILES string of the molecule is COS(=O)(=O)O.Cc1cccc2nc3ccccc3cc12. The molecule has 0 aliphatic heterocycles. The van der Waals surface area contributed by atoms with Crippen LogP contribution in [0, 0.1) is 6.92 Å². The number of aromatic nitrogens is 1. The predicted molar refractivity (Wildman–Crippen MR) is 82.5 cm³/mol. The second kappa shape index (κ2) is 6.17. The van der Waals surface area contributed by atoms with Crippen LogP contribution in [0.4, 0.5) is 0 Å². The topological polar surface area (TPSA) is 76.5 Å². The van der Waals surface area contributed by atoms with E-state index in [1.165, 1.54) is 16.3 Å². The van der Waals surface area contributed by atoms with Gasteiger partial charge >= 0.3 is 10.4 Å². The van der Waals surface area contributed by atoms with Crippen LogP contribution in [-0.2, 0) is 14.6 Å². The molecule has 6 heteroatoms. The van der Waals surface area contributed by atoms with Crippen molar-refractivity contribution in [2.24, 2.45) is 0 Å². The van der Waals surface area contributed by atoms with Crippen molar-refractivity contribution in [1.82, 2.24) is 4.98 Å². The highest BCUT2D eigenvalue weighted by Crippen LogP contribution is 2.21. The van der Waals surface area contributed by atoms with E-state index in [-0.39, 0.29) is 0 Å². The van der Waals surface area contributed by atoms with Crippen molar-refractivity contribution in [3.63, 3.8) is 0 Å². The minimum Gasteiger partial charge on any atom is -0.264 e. The van der Waals surface area contributed by atoms with Crippen molar-refractivity contribution in [3.05, 3.63) is 54.1 Å². The summed E-state index contributed by atoms with van der Waals surface area (Å²) in [6, 6.07) is 16.7. The monoisotopic (exact) mass is 305 g/mol. The molecule has 3 aromatic rings. The van der Waals surface area contributed by atoms with E-state index in [1.807, 2.05) is 12.1 Å². The Morgan fingerprint density at radius 2 is 1.67 bits per heavy atom. The Bertz CT molecular complexity index is 875. The van der Waals surface area contributed by atoms with Gasteiger partial charge in [0, 0.05) is 10.8 Å². The molecule has 2 aromatic carbocycles.